The number of halogens is 2. The molecular weight excluding hydrogens is 340 g/mol. The average Bonchev–Trinajstić information content (AvgIpc) is 3.25. The highest BCUT2D eigenvalue weighted by molar-refractivity contribution is 5.94. The predicted octanol–water partition coefficient (Wildman–Crippen LogP) is 1.92. The maximum absolute atomic E-state index is 14.0. The third-order valence-electron chi connectivity index (χ3n) is 5.12. The molecule has 1 unspecified atom stereocenters. The number of hydrogen-bond acceptors (Lipinski definition) is 4. The van der Waals surface area contributed by atoms with E-state index in [1.165, 1.54) is 12.8 Å². The van der Waals surface area contributed by atoms with Crippen LogP contribution in [0.1, 0.15) is 29.0 Å². The van der Waals surface area contributed by atoms with Gasteiger partial charge in [-0.1, -0.05) is 0 Å². The largest absolute Gasteiger partial charge is 0.333 e. The molecule has 0 aromatic carbocycles. The molecule has 0 bridgehead atoms. The van der Waals surface area contributed by atoms with E-state index in [9.17, 15) is 13.6 Å². The van der Waals surface area contributed by atoms with Gasteiger partial charge in [0.25, 0.3) is 5.91 Å². The van der Waals surface area contributed by atoms with Gasteiger partial charge in [0.15, 0.2) is 5.82 Å². The topological polar surface area (TPSA) is 54.3 Å². The highest BCUT2D eigenvalue weighted by Crippen LogP contribution is 2.21. The van der Waals surface area contributed by atoms with Gasteiger partial charge in [-0.05, 0) is 25.9 Å². The van der Waals surface area contributed by atoms with Crippen molar-refractivity contribution in [2.45, 2.75) is 25.9 Å². The molecule has 2 aliphatic rings. The van der Waals surface area contributed by atoms with Crippen LogP contribution < -0.4 is 0 Å². The molecule has 2 aromatic heterocycles. The second-order valence-electron chi connectivity index (χ2n) is 7.04. The molecule has 6 nitrogen and oxygen atoms in total. The van der Waals surface area contributed by atoms with Crippen molar-refractivity contribution in [2.24, 2.45) is 5.92 Å². The molecule has 138 valence electrons. The summed E-state index contributed by atoms with van der Waals surface area (Å²) in [5.41, 5.74) is -0.280. The SMILES string of the molecule is O=C(c1cc(F)ncc1F)N1Cc2nccn2CC(CN2CCCC2)C1. The highest BCUT2D eigenvalue weighted by atomic mass is 19.1. The summed E-state index contributed by atoms with van der Waals surface area (Å²) in [4.78, 5) is 24.4. The second-order valence-corrected chi connectivity index (χ2v) is 7.04. The van der Waals surface area contributed by atoms with Crippen molar-refractivity contribution in [1.82, 2.24) is 24.3 Å². The zero-order valence-corrected chi connectivity index (χ0v) is 14.4. The van der Waals surface area contributed by atoms with E-state index in [0.717, 1.165) is 44.3 Å². The Bertz CT molecular complexity index is 803. The predicted molar refractivity (Wildman–Crippen MR) is 90.3 cm³/mol. The summed E-state index contributed by atoms with van der Waals surface area (Å²) >= 11 is 0. The number of amides is 1. The fraction of sp³-hybridized carbons (Fsp3) is 0.500. The molecule has 0 spiro atoms. The summed E-state index contributed by atoms with van der Waals surface area (Å²) in [6, 6.07) is 0.866. The Morgan fingerprint density at radius 3 is 2.81 bits per heavy atom. The van der Waals surface area contributed by atoms with E-state index in [4.69, 9.17) is 0 Å². The van der Waals surface area contributed by atoms with E-state index in [0.29, 0.717) is 6.54 Å². The maximum atomic E-state index is 14.0. The first-order valence-corrected chi connectivity index (χ1v) is 8.93. The molecule has 26 heavy (non-hydrogen) atoms. The standard InChI is InChI=1S/C18H21F2N5O/c19-15-8-22-16(20)7-14(15)18(26)25-11-13(9-23-4-1-2-5-23)10-24-6-3-21-17(24)12-25/h3,6-8,13H,1-2,4-5,9-12H2. The molecule has 0 N–H and O–H groups in total. The summed E-state index contributed by atoms with van der Waals surface area (Å²) in [6.45, 7) is 4.57. The van der Waals surface area contributed by atoms with Gasteiger partial charge >= 0.3 is 0 Å². The van der Waals surface area contributed by atoms with Crippen molar-refractivity contribution in [3.8, 4) is 0 Å². The molecule has 2 aromatic rings. The Morgan fingerprint density at radius 2 is 2.00 bits per heavy atom. The van der Waals surface area contributed by atoms with Crippen LogP contribution in [0.3, 0.4) is 0 Å². The minimum atomic E-state index is -0.861. The van der Waals surface area contributed by atoms with Gasteiger partial charge in [-0.25, -0.2) is 14.4 Å². The van der Waals surface area contributed by atoms with Gasteiger partial charge in [0.2, 0.25) is 5.95 Å². The van der Waals surface area contributed by atoms with Crippen LogP contribution in [0, 0.1) is 17.7 Å². The zero-order valence-electron chi connectivity index (χ0n) is 14.4. The van der Waals surface area contributed by atoms with E-state index in [1.807, 2.05) is 6.20 Å². The van der Waals surface area contributed by atoms with E-state index in [2.05, 4.69) is 19.4 Å². The number of fused-ring (bicyclic) bond motifs is 1. The molecule has 1 atom stereocenters. The molecule has 1 amide bonds. The zero-order chi connectivity index (χ0) is 18.1. The molecule has 1 fully saturated rings. The van der Waals surface area contributed by atoms with E-state index in [-0.39, 0.29) is 18.0 Å². The lowest BCUT2D eigenvalue weighted by Crippen LogP contribution is -2.38. The summed E-state index contributed by atoms with van der Waals surface area (Å²) in [6.07, 6.45) is 6.78. The van der Waals surface area contributed by atoms with Gasteiger partial charge in [-0.2, -0.15) is 4.39 Å². The van der Waals surface area contributed by atoms with Crippen molar-refractivity contribution in [1.29, 1.82) is 0 Å². The molecular formula is C18H21F2N5O. The van der Waals surface area contributed by atoms with Crippen LogP contribution in [0.2, 0.25) is 0 Å². The Balaban J connectivity index is 1.59. The van der Waals surface area contributed by atoms with Crippen LogP contribution in [-0.4, -0.2) is 56.4 Å². The molecule has 0 aliphatic carbocycles. The maximum Gasteiger partial charge on any atom is 0.257 e. The number of carbonyl (C=O) groups excluding carboxylic acids is 1. The fourth-order valence-corrected chi connectivity index (χ4v) is 3.89. The van der Waals surface area contributed by atoms with Gasteiger partial charge in [0, 0.05) is 44.0 Å². The number of aromatic nitrogens is 3. The monoisotopic (exact) mass is 361 g/mol. The van der Waals surface area contributed by atoms with Crippen LogP contribution in [0.4, 0.5) is 8.78 Å². The number of hydrogen-bond donors (Lipinski definition) is 0. The summed E-state index contributed by atoms with van der Waals surface area (Å²) in [5, 5.41) is 0. The molecule has 4 heterocycles. The minimum Gasteiger partial charge on any atom is -0.333 e. The number of carbonyl (C=O) groups is 1. The van der Waals surface area contributed by atoms with Gasteiger partial charge < -0.3 is 14.4 Å². The summed E-state index contributed by atoms with van der Waals surface area (Å²) in [5.74, 6) is -1.22. The Labute approximate surface area is 150 Å². The first-order valence-electron chi connectivity index (χ1n) is 8.93. The fourth-order valence-electron chi connectivity index (χ4n) is 3.89. The quantitative estimate of drug-likeness (QED) is 0.784. The van der Waals surface area contributed by atoms with Crippen LogP contribution >= 0.6 is 0 Å². The summed E-state index contributed by atoms with van der Waals surface area (Å²) < 4.78 is 29.5. The number of likely N-dealkylation sites (tertiary alicyclic amines) is 1. The van der Waals surface area contributed by atoms with Crippen molar-refractivity contribution in [3.05, 3.63) is 47.8 Å². The second kappa shape index (κ2) is 7.11. The Morgan fingerprint density at radius 1 is 1.19 bits per heavy atom. The molecule has 0 saturated carbocycles. The van der Waals surface area contributed by atoms with Crippen molar-refractivity contribution < 1.29 is 13.6 Å². The van der Waals surface area contributed by atoms with Gasteiger partial charge in [0.05, 0.1) is 18.3 Å². The minimum absolute atomic E-state index is 0.210. The third-order valence-corrected chi connectivity index (χ3v) is 5.12. The number of nitrogens with zero attached hydrogens (tertiary/aromatic N) is 5. The van der Waals surface area contributed by atoms with Crippen molar-refractivity contribution in [2.75, 3.05) is 26.2 Å². The van der Waals surface area contributed by atoms with Crippen LogP contribution in [0.25, 0.3) is 0 Å². The van der Waals surface area contributed by atoms with Crippen LogP contribution in [0.15, 0.2) is 24.7 Å². The first kappa shape index (κ1) is 17.1. The number of pyridine rings is 1. The summed E-state index contributed by atoms with van der Waals surface area (Å²) in [7, 11) is 0. The van der Waals surface area contributed by atoms with Crippen LogP contribution in [-0.2, 0) is 13.1 Å². The van der Waals surface area contributed by atoms with Gasteiger partial charge in [-0.15, -0.1) is 0 Å². The smallest absolute Gasteiger partial charge is 0.257 e. The average molecular weight is 361 g/mol. The molecule has 8 heteroatoms. The molecule has 4 rings (SSSR count). The lowest BCUT2D eigenvalue weighted by molar-refractivity contribution is 0.0701. The van der Waals surface area contributed by atoms with Gasteiger partial charge in [-0.3, -0.25) is 4.79 Å². The van der Waals surface area contributed by atoms with E-state index < -0.39 is 17.7 Å². The highest BCUT2D eigenvalue weighted by Gasteiger charge is 2.29. The normalized spacial score (nSPS) is 20.8. The molecule has 2 aliphatic heterocycles. The lowest BCUT2D eigenvalue weighted by Gasteiger charge is -2.27. The van der Waals surface area contributed by atoms with E-state index in [1.54, 1.807) is 11.1 Å². The van der Waals surface area contributed by atoms with Crippen molar-refractivity contribution >= 4 is 5.91 Å². The molecule has 1 saturated heterocycles. The van der Waals surface area contributed by atoms with Crippen molar-refractivity contribution in [3.63, 3.8) is 0 Å². The number of rotatable bonds is 3. The Kier molecular flexibility index (Phi) is 4.67. The molecule has 0 radical (unpaired) electrons. The van der Waals surface area contributed by atoms with E-state index >= 15 is 0 Å². The third kappa shape index (κ3) is 3.46. The van der Waals surface area contributed by atoms with Gasteiger partial charge in [0.1, 0.15) is 5.82 Å². The lowest BCUT2D eigenvalue weighted by atomic mass is 10.1. The Hall–Kier alpha value is -2.35. The van der Waals surface area contributed by atoms with Crippen LogP contribution in [0.5, 0.6) is 0 Å². The first-order chi connectivity index (χ1) is 12.6. The number of imidazole rings is 1.